The van der Waals surface area contributed by atoms with Gasteiger partial charge in [0.05, 0.1) is 9.79 Å². The predicted octanol–water partition coefficient (Wildman–Crippen LogP) is 3.28. The van der Waals surface area contributed by atoms with Gasteiger partial charge in [-0.1, -0.05) is 32.6 Å². The first kappa shape index (κ1) is 24.1. The summed E-state index contributed by atoms with van der Waals surface area (Å²) in [5.74, 6) is 0. The van der Waals surface area contributed by atoms with Gasteiger partial charge in [-0.05, 0) is 56.4 Å². The van der Waals surface area contributed by atoms with Crippen molar-refractivity contribution in [3.05, 3.63) is 24.3 Å². The van der Waals surface area contributed by atoms with Crippen LogP contribution in [0, 0.1) is 0 Å². The van der Waals surface area contributed by atoms with Crippen LogP contribution in [0.15, 0.2) is 34.1 Å². The van der Waals surface area contributed by atoms with Crippen LogP contribution in [0.1, 0.15) is 64.7 Å². The van der Waals surface area contributed by atoms with Gasteiger partial charge in [0.1, 0.15) is 0 Å². The van der Waals surface area contributed by atoms with E-state index in [0.717, 1.165) is 38.8 Å². The van der Waals surface area contributed by atoms with E-state index in [4.69, 9.17) is 0 Å². The molecule has 1 aromatic rings. The average molecular weight is 484 g/mol. The fraction of sp³-hybridized carbons (Fsp3) is 0.739. The quantitative estimate of drug-likeness (QED) is 0.621. The summed E-state index contributed by atoms with van der Waals surface area (Å²) in [6.45, 7) is 5.07. The van der Waals surface area contributed by atoms with Crippen LogP contribution in [0.5, 0.6) is 0 Å². The van der Waals surface area contributed by atoms with Crippen LogP contribution in [0.25, 0.3) is 0 Å². The molecule has 0 amide bonds. The van der Waals surface area contributed by atoms with Gasteiger partial charge in [-0.15, -0.1) is 0 Å². The first-order valence-electron chi connectivity index (χ1n) is 12.2. The molecule has 0 N–H and O–H groups in total. The van der Waals surface area contributed by atoms with E-state index in [9.17, 15) is 16.8 Å². The monoisotopic (exact) mass is 483 g/mol. The summed E-state index contributed by atoms with van der Waals surface area (Å²) in [6.07, 6.45) is 9.90. The molecule has 3 fully saturated rings. The van der Waals surface area contributed by atoms with E-state index in [0.29, 0.717) is 25.7 Å². The zero-order valence-corrected chi connectivity index (χ0v) is 20.8. The molecule has 3 aliphatic rings. The van der Waals surface area contributed by atoms with Crippen molar-refractivity contribution in [2.24, 2.45) is 0 Å². The first-order chi connectivity index (χ1) is 15.3. The second-order valence-electron chi connectivity index (χ2n) is 9.38. The van der Waals surface area contributed by atoms with Gasteiger partial charge in [-0.25, -0.2) is 16.8 Å². The Labute approximate surface area is 193 Å². The third-order valence-corrected chi connectivity index (χ3v) is 11.4. The van der Waals surface area contributed by atoms with Gasteiger partial charge in [0.25, 0.3) is 0 Å². The van der Waals surface area contributed by atoms with Crippen molar-refractivity contribution in [2.75, 3.05) is 32.7 Å². The number of hydrogen-bond acceptors (Lipinski definition) is 5. The van der Waals surface area contributed by atoms with Crippen LogP contribution in [-0.4, -0.2) is 75.2 Å². The van der Waals surface area contributed by atoms with Crippen molar-refractivity contribution in [3.8, 4) is 0 Å². The number of rotatable bonds is 6. The van der Waals surface area contributed by atoms with Gasteiger partial charge in [0.2, 0.25) is 20.0 Å². The molecule has 1 aromatic carbocycles. The lowest BCUT2D eigenvalue weighted by atomic mass is 9.94. The Morgan fingerprint density at radius 1 is 0.719 bits per heavy atom. The summed E-state index contributed by atoms with van der Waals surface area (Å²) in [7, 11) is -7.23. The topological polar surface area (TPSA) is 78.0 Å². The maximum atomic E-state index is 13.2. The van der Waals surface area contributed by atoms with E-state index in [1.54, 1.807) is 8.61 Å². The van der Waals surface area contributed by atoms with Crippen LogP contribution in [0.3, 0.4) is 0 Å². The average Bonchev–Trinajstić information content (AvgIpc) is 2.84. The molecular weight excluding hydrogens is 446 g/mol. The maximum Gasteiger partial charge on any atom is 0.243 e. The molecule has 4 rings (SSSR count). The summed E-state index contributed by atoms with van der Waals surface area (Å²) >= 11 is 0. The predicted molar refractivity (Wildman–Crippen MR) is 125 cm³/mol. The highest BCUT2D eigenvalue weighted by Gasteiger charge is 2.34. The third kappa shape index (κ3) is 4.92. The molecular formula is C23H37N3O4S2. The molecule has 0 radical (unpaired) electrons. The van der Waals surface area contributed by atoms with Crippen LogP contribution >= 0.6 is 0 Å². The highest BCUT2D eigenvalue weighted by Crippen LogP contribution is 2.29. The molecule has 2 aliphatic heterocycles. The highest BCUT2D eigenvalue weighted by atomic mass is 32.2. The van der Waals surface area contributed by atoms with E-state index >= 15 is 0 Å². The van der Waals surface area contributed by atoms with Gasteiger partial charge in [0.15, 0.2) is 0 Å². The molecule has 0 bridgehead atoms. The molecule has 1 atom stereocenters. The highest BCUT2D eigenvalue weighted by molar-refractivity contribution is 7.89. The summed E-state index contributed by atoms with van der Waals surface area (Å²) in [6, 6.07) is 6.46. The van der Waals surface area contributed by atoms with E-state index in [1.165, 1.54) is 56.4 Å². The van der Waals surface area contributed by atoms with E-state index < -0.39 is 20.0 Å². The Bertz CT molecular complexity index is 965. The molecule has 32 heavy (non-hydrogen) atoms. The van der Waals surface area contributed by atoms with E-state index in [2.05, 4.69) is 4.90 Å². The number of piperazine rings is 1. The Balaban J connectivity index is 1.44. The number of nitrogens with zero attached hydrogens (tertiary/aromatic N) is 3. The van der Waals surface area contributed by atoms with Crippen LogP contribution in [0.2, 0.25) is 0 Å². The fourth-order valence-corrected chi connectivity index (χ4v) is 8.71. The molecule has 180 valence electrons. The van der Waals surface area contributed by atoms with Gasteiger partial charge in [-0.2, -0.15) is 8.61 Å². The summed E-state index contributed by atoms with van der Waals surface area (Å²) in [5, 5.41) is 0. The first-order valence-corrected chi connectivity index (χ1v) is 15.1. The van der Waals surface area contributed by atoms with Gasteiger partial charge < -0.3 is 0 Å². The van der Waals surface area contributed by atoms with Crippen molar-refractivity contribution < 1.29 is 16.8 Å². The van der Waals surface area contributed by atoms with Crippen molar-refractivity contribution in [1.82, 2.24) is 13.5 Å². The SMILES string of the molecule is CC[C@H]1CCCCN1S(=O)(=O)c1ccc(S(=O)(=O)N2CCN(C3CCCCC3)CC2)cc1. The molecule has 2 heterocycles. The van der Waals surface area contributed by atoms with Gasteiger partial charge in [-0.3, -0.25) is 4.90 Å². The summed E-state index contributed by atoms with van der Waals surface area (Å²) in [4.78, 5) is 2.80. The smallest absolute Gasteiger partial charge is 0.243 e. The molecule has 1 saturated carbocycles. The summed E-state index contributed by atoms with van der Waals surface area (Å²) < 4.78 is 55.8. The normalized spacial score (nSPS) is 25.7. The lowest BCUT2D eigenvalue weighted by molar-refractivity contribution is 0.111. The van der Waals surface area contributed by atoms with Gasteiger partial charge in [0, 0.05) is 44.8 Å². The van der Waals surface area contributed by atoms with Crippen molar-refractivity contribution in [1.29, 1.82) is 0 Å². The maximum absolute atomic E-state index is 13.2. The lowest BCUT2D eigenvalue weighted by Crippen LogP contribution is -2.52. The number of benzene rings is 1. The van der Waals surface area contributed by atoms with Crippen LogP contribution < -0.4 is 0 Å². The Morgan fingerprint density at radius 3 is 1.88 bits per heavy atom. The molecule has 9 heteroatoms. The van der Waals surface area contributed by atoms with Crippen molar-refractivity contribution >= 4 is 20.0 Å². The minimum Gasteiger partial charge on any atom is -0.298 e. The van der Waals surface area contributed by atoms with Gasteiger partial charge >= 0.3 is 0 Å². The standard InChI is InChI=1S/C23H37N3O4S2/c1-2-20-8-6-7-15-26(20)32(29,30)23-13-11-22(12-14-23)31(27,28)25-18-16-24(17-19-25)21-9-4-3-5-10-21/h11-14,20-21H,2-10,15-19H2,1H3/t20-/m0/s1. The molecule has 0 spiro atoms. The Hall–Kier alpha value is -1.00. The molecule has 7 nitrogen and oxygen atoms in total. The second kappa shape index (κ2) is 10.1. The number of sulfonamides is 2. The Morgan fingerprint density at radius 2 is 1.28 bits per heavy atom. The molecule has 1 aliphatic carbocycles. The minimum absolute atomic E-state index is 0.0256. The molecule has 0 unspecified atom stereocenters. The molecule has 2 saturated heterocycles. The third-order valence-electron chi connectivity index (χ3n) is 7.48. The van der Waals surface area contributed by atoms with E-state index in [-0.39, 0.29) is 15.8 Å². The van der Waals surface area contributed by atoms with E-state index in [1.807, 2.05) is 6.92 Å². The zero-order chi connectivity index (χ0) is 22.8. The summed E-state index contributed by atoms with van der Waals surface area (Å²) in [5.41, 5.74) is 0. The van der Waals surface area contributed by atoms with Crippen LogP contribution in [0.4, 0.5) is 0 Å². The second-order valence-corrected chi connectivity index (χ2v) is 13.2. The van der Waals surface area contributed by atoms with Crippen LogP contribution in [-0.2, 0) is 20.0 Å². The molecule has 0 aromatic heterocycles. The number of piperidine rings is 1. The van der Waals surface area contributed by atoms with Crippen molar-refractivity contribution in [3.63, 3.8) is 0 Å². The number of hydrogen-bond donors (Lipinski definition) is 0. The minimum atomic E-state index is -3.62. The largest absolute Gasteiger partial charge is 0.298 e. The Kier molecular flexibility index (Phi) is 7.61. The fourth-order valence-electron chi connectivity index (χ4n) is 5.52. The lowest BCUT2D eigenvalue weighted by Gasteiger charge is -2.40. The van der Waals surface area contributed by atoms with Crippen molar-refractivity contribution in [2.45, 2.75) is 86.6 Å². The zero-order valence-electron chi connectivity index (χ0n) is 19.2.